The summed E-state index contributed by atoms with van der Waals surface area (Å²) in [6.45, 7) is 0. The van der Waals surface area contributed by atoms with Gasteiger partial charge in [0, 0.05) is 18.1 Å². The van der Waals surface area contributed by atoms with Crippen molar-refractivity contribution in [1.29, 1.82) is 0 Å². The molecule has 0 saturated heterocycles. The Morgan fingerprint density at radius 1 is 0.870 bits per heavy atom. The molecule has 0 aliphatic carbocycles. The van der Waals surface area contributed by atoms with Crippen LogP contribution in [0.25, 0.3) is 0 Å². The number of carbonyl (C=O) groups is 1. The van der Waals surface area contributed by atoms with Gasteiger partial charge in [-0.25, -0.2) is 0 Å². The molecule has 23 heavy (non-hydrogen) atoms. The lowest BCUT2D eigenvalue weighted by molar-refractivity contribution is -0.118. The van der Waals surface area contributed by atoms with Crippen LogP contribution in [0, 0.1) is 0 Å². The van der Waals surface area contributed by atoms with Crippen LogP contribution in [-0.2, 0) is 11.2 Å². The zero-order chi connectivity index (χ0) is 15.6. The lowest BCUT2D eigenvalue weighted by atomic mass is 9.94. The van der Waals surface area contributed by atoms with E-state index < -0.39 is 0 Å². The van der Waals surface area contributed by atoms with Crippen LogP contribution in [0.4, 0.5) is 11.4 Å². The number of fused-ring (bicyclic) bond motifs is 1. The van der Waals surface area contributed by atoms with Gasteiger partial charge in [-0.3, -0.25) is 14.7 Å². The summed E-state index contributed by atoms with van der Waals surface area (Å²) in [6.07, 6.45) is 4.24. The first-order valence-corrected chi connectivity index (χ1v) is 7.71. The Morgan fingerprint density at radius 2 is 1.57 bits per heavy atom. The molecular formula is C20H16N2O. The molecule has 1 aliphatic rings. The van der Waals surface area contributed by atoms with Crippen LogP contribution in [0.5, 0.6) is 0 Å². The van der Waals surface area contributed by atoms with Crippen LogP contribution in [0.3, 0.4) is 0 Å². The highest BCUT2D eigenvalue weighted by Gasteiger charge is 2.37. The van der Waals surface area contributed by atoms with Gasteiger partial charge in [-0.1, -0.05) is 36.4 Å². The van der Waals surface area contributed by atoms with Crippen molar-refractivity contribution in [2.75, 3.05) is 4.90 Å². The Bertz CT molecular complexity index is 831. The summed E-state index contributed by atoms with van der Waals surface area (Å²) in [5.74, 6) is -0.0111. The minimum atomic E-state index is -0.145. The van der Waals surface area contributed by atoms with E-state index in [1.165, 1.54) is 0 Å². The van der Waals surface area contributed by atoms with Gasteiger partial charge in [0.2, 0.25) is 5.91 Å². The van der Waals surface area contributed by atoms with E-state index in [2.05, 4.69) is 11.1 Å². The molecule has 0 N–H and O–H groups in total. The molecule has 1 amide bonds. The summed E-state index contributed by atoms with van der Waals surface area (Å²) in [5, 5.41) is 0. The van der Waals surface area contributed by atoms with E-state index in [9.17, 15) is 4.79 Å². The standard InChI is InChI=1S/C20H16N2O/c23-20-18(14-15-10-12-21-13-11-15)17-8-4-5-9-19(17)22(20)16-6-2-1-3-7-16/h1-13,18H,14H2/t18-/m0/s1. The fraction of sp³-hybridized carbons (Fsp3) is 0.100. The van der Waals surface area contributed by atoms with Gasteiger partial charge in [-0.2, -0.15) is 0 Å². The first-order valence-electron chi connectivity index (χ1n) is 7.71. The number of anilines is 2. The lowest BCUT2D eigenvalue weighted by Crippen LogP contribution is -2.24. The summed E-state index contributed by atoms with van der Waals surface area (Å²) < 4.78 is 0. The van der Waals surface area contributed by atoms with Crippen LogP contribution in [0.2, 0.25) is 0 Å². The van der Waals surface area contributed by atoms with Gasteiger partial charge >= 0.3 is 0 Å². The molecule has 2 heterocycles. The summed E-state index contributed by atoms with van der Waals surface area (Å²) in [5.41, 5.74) is 4.13. The zero-order valence-electron chi connectivity index (χ0n) is 12.6. The highest BCUT2D eigenvalue weighted by molar-refractivity contribution is 6.10. The molecule has 0 fully saturated rings. The number of amides is 1. The normalized spacial score (nSPS) is 16.4. The molecule has 0 saturated carbocycles. The first kappa shape index (κ1) is 13.7. The monoisotopic (exact) mass is 300 g/mol. The van der Waals surface area contributed by atoms with Crippen molar-refractivity contribution in [3.8, 4) is 0 Å². The van der Waals surface area contributed by atoms with Gasteiger partial charge in [-0.15, -0.1) is 0 Å². The number of hydrogen-bond acceptors (Lipinski definition) is 2. The van der Waals surface area contributed by atoms with Gasteiger partial charge < -0.3 is 0 Å². The quantitative estimate of drug-likeness (QED) is 0.730. The molecule has 1 aliphatic heterocycles. The molecule has 1 atom stereocenters. The Morgan fingerprint density at radius 3 is 2.35 bits per heavy atom. The first-order chi connectivity index (χ1) is 11.3. The van der Waals surface area contributed by atoms with E-state index in [1.54, 1.807) is 12.4 Å². The molecule has 3 aromatic rings. The third-order valence-electron chi connectivity index (χ3n) is 4.28. The van der Waals surface area contributed by atoms with Gasteiger partial charge in [0.15, 0.2) is 0 Å². The van der Waals surface area contributed by atoms with E-state index in [4.69, 9.17) is 0 Å². The minimum absolute atomic E-state index is 0.134. The summed E-state index contributed by atoms with van der Waals surface area (Å²) in [4.78, 5) is 19.0. The zero-order valence-corrected chi connectivity index (χ0v) is 12.6. The van der Waals surface area contributed by atoms with Crippen molar-refractivity contribution < 1.29 is 4.79 Å². The Labute approximate surface area is 135 Å². The number of pyridine rings is 1. The molecule has 0 bridgehead atoms. The predicted molar refractivity (Wildman–Crippen MR) is 90.7 cm³/mol. The number of nitrogens with zero attached hydrogens (tertiary/aromatic N) is 2. The van der Waals surface area contributed by atoms with E-state index in [0.717, 1.165) is 22.5 Å². The molecule has 3 heteroatoms. The Balaban J connectivity index is 1.76. The largest absolute Gasteiger partial charge is 0.280 e. The van der Waals surface area contributed by atoms with Crippen molar-refractivity contribution in [3.05, 3.63) is 90.3 Å². The molecule has 2 aromatic carbocycles. The fourth-order valence-electron chi connectivity index (χ4n) is 3.19. The van der Waals surface area contributed by atoms with Crippen LogP contribution in [0.1, 0.15) is 17.0 Å². The average molecular weight is 300 g/mol. The average Bonchev–Trinajstić information content (AvgIpc) is 2.89. The van der Waals surface area contributed by atoms with Crippen molar-refractivity contribution in [1.82, 2.24) is 4.98 Å². The second-order valence-electron chi connectivity index (χ2n) is 5.68. The molecule has 4 rings (SSSR count). The molecule has 0 unspecified atom stereocenters. The fourth-order valence-corrected chi connectivity index (χ4v) is 3.19. The van der Waals surface area contributed by atoms with Crippen molar-refractivity contribution in [2.24, 2.45) is 0 Å². The smallest absolute Gasteiger partial charge is 0.239 e. The third kappa shape index (κ3) is 2.40. The topological polar surface area (TPSA) is 33.2 Å². The van der Waals surface area contributed by atoms with E-state index in [-0.39, 0.29) is 11.8 Å². The number of aromatic nitrogens is 1. The summed E-state index contributed by atoms with van der Waals surface area (Å²) in [7, 11) is 0. The summed E-state index contributed by atoms with van der Waals surface area (Å²) >= 11 is 0. The van der Waals surface area contributed by atoms with Gasteiger partial charge in [0.1, 0.15) is 0 Å². The maximum atomic E-state index is 13.1. The highest BCUT2D eigenvalue weighted by atomic mass is 16.2. The van der Waals surface area contributed by atoms with Crippen molar-refractivity contribution in [3.63, 3.8) is 0 Å². The molecular weight excluding hydrogens is 284 g/mol. The van der Waals surface area contributed by atoms with Gasteiger partial charge in [0.05, 0.1) is 11.6 Å². The predicted octanol–water partition coefficient (Wildman–Crippen LogP) is 4.09. The second kappa shape index (κ2) is 5.69. The molecule has 1 aromatic heterocycles. The molecule has 0 radical (unpaired) electrons. The van der Waals surface area contributed by atoms with Crippen molar-refractivity contribution in [2.45, 2.75) is 12.3 Å². The third-order valence-corrected chi connectivity index (χ3v) is 4.28. The molecule has 112 valence electrons. The van der Waals surface area contributed by atoms with E-state index >= 15 is 0 Å². The SMILES string of the molecule is O=C1[C@@H](Cc2ccncc2)c2ccccc2N1c1ccccc1. The van der Waals surface area contributed by atoms with Gasteiger partial charge in [-0.05, 0) is 47.9 Å². The van der Waals surface area contributed by atoms with Crippen molar-refractivity contribution >= 4 is 17.3 Å². The Kier molecular flexibility index (Phi) is 3.39. The van der Waals surface area contributed by atoms with Crippen LogP contribution in [-0.4, -0.2) is 10.9 Å². The number of carbonyl (C=O) groups excluding carboxylic acids is 1. The maximum Gasteiger partial charge on any atom is 0.239 e. The minimum Gasteiger partial charge on any atom is -0.280 e. The number of benzene rings is 2. The van der Waals surface area contributed by atoms with Crippen LogP contribution in [0.15, 0.2) is 79.1 Å². The summed E-state index contributed by atoms with van der Waals surface area (Å²) in [6, 6.07) is 21.8. The van der Waals surface area contributed by atoms with Gasteiger partial charge in [0.25, 0.3) is 0 Å². The number of para-hydroxylation sites is 2. The highest BCUT2D eigenvalue weighted by Crippen LogP contribution is 2.42. The second-order valence-corrected chi connectivity index (χ2v) is 5.68. The number of hydrogen-bond donors (Lipinski definition) is 0. The Hall–Kier alpha value is -2.94. The van der Waals surface area contributed by atoms with Crippen LogP contribution >= 0.6 is 0 Å². The van der Waals surface area contributed by atoms with E-state index in [0.29, 0.717) is 6.42 Å². The van der Waals surface area contributed by atoms with Crippen LogP contribution < -0.4 is 4.90 Å². The van der Waals surface area contributed by atoms with E-state index in [1.807, 2.05) is 65.6 Å². The molecule has 3 nitrogen and oxygen atoms in total. The number of rotatable bonds is 3. The molecule has 0 spiro atoms. The lowest BCUT2D eigenvalue weighted by Gasteiger charge is -2.18. The maximum absolute atomic E-state index is 13.1.